The van der Waals surface area contributed by atoms with Gasteiger partial charge in [0.2, 0.25) is 5.91 Å². The van der Waals surface area contributed by atoms with E-state index in [-0.39, 0.29) is 24.5 Å². The second-order valence-corrected chi connectivity index (χ2v) is 6.91. The first-order valence-electron chi connectivity index (χ1n) is 9.47. The van der Waals surface area contributed by atoms with Crippen LogP contribution in [0.25, 0.3) is 0 Å². The van der Waals surface area contributed by atoms with Crippen molar-refractivity contribution < 1.29 is 14.6 Å². The number of rotatable bonds is 7. The third kappa shape index (κ3) is 4.29. The van der Waals surface area contributed by atoms with E-state index in [0.717, 1.165) is 23.4 Å². The Bertz CT molecular complexity index is 798. The molecule has 3 rings (SSSR count). The number of anilines is 2. The molecule has 0 fully saturated rings. The Morgan fingerprint density at radius 1 is 1.15 bits per heavy atom. The molecule has 4 heteroatoms. The van der Waals surface area contributed by atoms with Gasteiger partial charge in [0.1, 0.15) is 0 Å². The van der Waals surface area contributed by atoms with Gasteiger partial charge >= 0.3 is 0 Å². The number of aliphatic hydroxyl groups is 1. The maximum absolute atomic E-state index is 12.6. The van der Waals surface area contributed by atoms with Crippen LogP contribution < -0.4 is 4.90 Å². The second kappa shape index (κ2) is 8.98. The number of para-hydroxylation sites is 1. The predicted molar refractivity (Wildman–Crippen MR) is 108 cm³/mol. The lowest BCUT2D eigenvalue weighted by atomic mass is 9.95. The Balaban J connectivity index is 1.84. The van der Waals surface area contributed by atoms with Crippen molar-refractivity contribution in [2.45, 2.75) is 32.3 Å². The van der Waals surface area contributed by atoms with E-state index in [2.05, 4.69) is 19.1 Å². The van der Waals surface area contributed by atoms with Crippen LogP contribution in [0.1, 0.15) is 37.0 Å². The molecule has 142 valence electrons. The van der Waals surface area contributed by atoms with Crippen molar-refractivity contribution in [3.05, 3.63) is 71.8 Å². The third-order valence-corrected chi connectivity index (χ3v) is 5.04. The van der Waals surface area contributed by atoms with E-state index in [4.69, 9.17) is 9.84 Å². The number of fused-ring (bicyclic) bond motifs is 1. The van der Waals surface area contributed by atoms with Crippen LogP contribution in [0, 0.1) is 5.92 Å². The normalized spacial score (nSPS) is 16.4. The first-order chi connectivity index (χ1) is 13.2. The van der Waals surface area contributed by atoms with E-state index in [0.29, 0.717) is 12.8 Å². The molecule has 2 aromatic rings. The molecule has 1 aliphatic heterocycles. The molecule has 0 saturated heterocycles. The standard InChI is InChI=1S/C23H27NO3/c1-17(7-5-6-16-25)23(27-2)19-10-13-20(14-11-19)24-21-9-4-3-8-18(21)12-15-22(24)26/h3-5,7-11,13-14,17,23,25H,6,12,15-16H2,1-2H3/b7-5+/t17-,23+/m0/s1. The van der Waals surface area contributed by atoms with Gasteiger partial charge in [0.15, 0.2) is 0 Å². The highest BCUT2D eigenvalue weighted by Crippen LogP contribution is 2.35. The first-order valence-corrected chi connectivity index (χ1v) is 9.47. The Morgan fingerprint density at radius 2 is 1.89 bits per heavy atom. The lowest BCUT2D eigenvalue weighted by Gasteiger charge is -2.30. The van der Waals surface area contributed by atoms with Gasteiger partial charge in [-0.15, -0.1) is 0 Å². The van der Waals surface area contributed by atoms with Gasteiger partial charge in [0.05, 0.1) is 11.8 Å². The van der Waals surface area contributed by atoms with Gasteiger partial charge in [-0.05, 0) is 42.2 Å². The van der Waals surface area contributed by atoms with Crippen LogP contribution in [0.5, 0.6) is 0 Å². The SMILES string of the molecule is CO[C@@H](c1ccc(N2C(=O)CCc3ccccc32)cc1)[C@@H](C)/C=C/CCO. The quantitative estimate of drug-likeness (QED) is 0.732. The molecule has 1 heterocycles. The fraction of sp³-hybridized carbons (Fsp3) is 0.348. The van der Waals surface area contributed by atoms with Gasteiger partial charge in [-0.2, -0.15) is 0 Å². The molecule has 0 spiro atoms. The summed E-state index contributed by atoms with van der Waals surface area (Å²) < 4.78 is 5.70. The highest BCUT2D eigenvalue weighted by Gasteiger charge is 2.25. The molecule has 2 atom stereocenters. The molecular formula is C23H27NO3. The molecule has 1 amide bonds. The van der Waals surface area contributed by atoms with Gasteiger partial charge in [-0.25, -0.2) is 0 Å². The number of aryl methyl sites for hydroxylation is 1. The average Bonchev–Trinajstić information content (AvgIpc) is 2.69. The zero-order chi connectivity index (χ0) is 19.2. The smallest absolute Gasteiger partial charge is 0.231 e. The Kier molecular flexibility index (Phi) is 6.43. The number of amides is 1. The largest absolute Gasteiger partial charge is 0.396 e. The molecule has 2 aromatic carbocycles. The molecule has 4 nitrogen and oxygen atoms in total. The van der Waals surface area contributed by atoms with Crippen LogP contribution in [0.3, 0.4) is 0 Å². The molecule has 0 radical (unpaired) electrons. The van der Waals surface area contributed by atoms with Crippen LogP contribution in [-0.2, 0) is 16.0 Å². The minimum atomic E-state index is -0.0710. The minimum absolute atomic E-state index is 0.0710. The van der Waals surface area contributed by atoms with Crippen LogP contribution in [-0.4, -0.2) is 24.7 Å². The van der Waals surface area contributed by atoms with E-state index >= 15 is 0 Å². The van der Waals surface area contributed by atoms with Crippen LogP contribution >= 0.6 is 0 Å². The molecule has 0 saturated carbocycles. The van der Waals surface area contributed by atoms with E-state index in [1.54, 1.807) is 7.11 Å². The fourth-order valence-electron chi connectivity index (χ4n) is 3.66. The van der Waals surface area contributed by atoms with Crippen molar-refractivity contribution in [1.29, 1.82) is 0 Å². The van der Waals surface area contributed by atoms with Crippen molar-refractivity contribution >= 4 is 17.3 Å². The Hall–Kier alpha value is -2.43. The molecule has 0 aromatic heterocycles. The summed E-state index contributed by atoms with van der Waals surface area (Å²) in [6.45, 7) is 2.25. The number of hydrogen-bond donors (Lipinski definition) is 1. The molecular weight excluding hydrogens is 338 g/mol. The summed E-state index contributed by atoms with van der Waals surface area (Å²) in [6.07, 6.45) is 5.96. The number of nitrogens with zero attached hydrogens (tertiary/aromatic N) is 1. The van der Waals surface area contributed by atoms with E-state index in [1.165, 1.54) is 5.56 Å². The molecule has 27 heavy (non-hydrogen) atoms. The zero-order valence-corrected chi connectivity index (χ0v) is 16.0. The zero-order valence-electron chi connectivity index (χ0n) is 16.0. The predicted octanol–water partition coefficient (Wildman–Crippen LogP) is 4.56. The number of methoxy groups -OCH3 is 1. The third-order valence-electron chi connectivity index (χ3n) is 5.04. The van der Waals surface area contributed by atoms with Gasteiger partial charge in [0, 0.05) is 31.7 Å². The number of carbonyl (C=O) groups excluding carboxylic acids is 1. The van der Waals surface area contributed by atoms with E-state index in [9.17, 15) is 4.79 Å². The summed E-state index contributed by atoms with van der Waals surface area (Å²) >= 11 is 0. The van der Waals surface area contributed by atoms with E-state index in [1.807, 2.05) is 53.4 Å². The number of aliphatic hydroxyl groups excluding tert-OH is 1. The van der Waals surface area contributed by atoms with Gasteiger partial charge in [0.25, 0.3) is 0 Å². The monoisotopic (exact) mass is 365 g/mol. The minimum Gasteiger partial charge on any atom is -0.396 e. The summed E-state index contributed by atoms with van der Waals surface area (Å²) in [4.78, 5) is 14.4. The average molecular weight is 365 g/mol. The number of hydrogen-bond acceptors (Lipinski definition) is 3. The van der Waals surface area contributed by atoms with Crippen LogP contribution in [0.15, 0.2) is 60.7 Å². The van der Waals surface area contributed by atoms with Gasteiger partial charge < -0.3 is 9.84 Å². The highest BCUT2D eigenvalue weighted by atomic mass is 16.5. The second-order valence-electron chi connectivity index (χ2n) is 6.91. The van der Waals surface area contributed by atoms with Gasteiger partial charge in [-0.3, -0.25) is 9.69 Å². The molecule has 1 N–H and O–H groups in total. The molecule has 0 unspecified atom stereocenters. The fourth-order valence-corrected chi connectivity index (χ4v) is 3.66. The van der Waals surface area contributed by atoms with Crippen molar-refractivity contribution in [1.82, 2.24) is 0 Å². The Labute approximate surface area is 161 Å². The molecule has 0 aliphatic carbocycles. The summed E-state index contributed by atoms with van der Waals surface area (Å²) in [5, 5.41) is 8.92. The van der Waals surface area contributed by atoms with Crippen molar-refractivity contribution in [2.75, 3.05) is 18.6 Å². The summed E-state index contributed by atoms with van der Waals surface area (Å²) in [6, 6.07) is 16.1. The van der Waals surface area contributed by atoms with Gasteiger partial charge in [-0.1, -0.05) is 49.4 Å². The molecule has 1 aliphatic rings. The first kappa shape index (κ1) is 19.3. The maximum Gasteiger partial charge on any atom is 0.231 e. The lowest BCUT2D eigenvalue weighted by Crippen LogP contribution is -2.30. The van der Waals surface area contributed by atoms with Crippen molar-refractivity contribution in [3.63, 3.8) is 0 Å². The highest BCUT2D eigenvalue weighted by molar-refractivity contribution is 6.03. The summed E-state index contributed by atoms with van der Waals surface area (Å²) in [7, 11) is 1.71. The Morgan fingerprint density at radius 3 is 2.59 bits per heavy atom. The van der Waals surface area contributed by atoms with Crippen molar-refractivity contribution in [3.8, 4) is 0 Å². The number of benzene rings is 2. The van der Waals surface area contributed by atoms with Crippen LogP contribution in [0.4, 0.5) is 11.4 Å². The van der Waals surface area contributed by atoms with Crippen LogP contribution in [0.2, 0.25) is 0 Å². The number of carbonyl (C=O) groups is 1. The summed E-state index contributed by atoms with van der Waals surface area (Å²) in [5.74, 6) is 0.315. The van der Waals surface area contributed by atoms with E-state index < -0.39 is 0 Å². The number of ether oxygens (including phenoxy) is 1. The topological polar surface area (TPSA) is 49.8 Å². The lowest BCUT2D eigenvalue weighted by molar-refractivity contribution is -0.118. The summed E-state index contributed by atoms with van der Waals surface area (Å²) in [5.41, 5.74) is 4.14. The van der Waals surface area contributed by atoms with Crippen molar-refractivity contribution in [2.24, 2.45) is 5.92 Å². The molecule has 0 bridgehead atoms. The maximum atomic E-state index is 12.6.